The van der Waals surface area contributed by atoms with Crippen LogP contribution in [0.15, 0.2) is 24.3 Å². The van der Waals surface area contributed by atoms with Gasteiger partial charge in [-0.05, 0) is 30.4 Å². The zero-order valence-corrected chi connectivity index (χ0v) is 14.9. The van der Waals surface area contributed by atoms with Gasteiger partial charge in [-0.15, -0.1) is 0 Å². The van der Waals surface area contributed by atoms with Crippen LogP contribution in [0.1, 0.15) is 44.2 Å². The van der Waals surface area contributed by atoms with Gasteiger partial charge in [0.15, 0.2) is 23.2 Å². The van der Waals surface area contributed by atoms with E-state index in [4.69, 9.17) is 4.74 Å². The number of halogens is 3. The average Bonchev–Trinajstić information content (AvgIpc) is 2.62. The second-order valence-electron chi connectivity index (χ2n) is 6.80. The van der Waals surface area contributed by atoms with Crippen LogP contribution in [-0.2, 0) is 17.6 Å². The molecule has 1 unspecified atom stereocenters. The molecular weight excluding hydrogens is 341 g/mol. The van der Waals surface area contributed by atoms with Crippen LogP contribution in [0.3, 0.4) is 0 Å². The highest BCUT2D eigenvalue weighted by molar-refractivity contribution is 5.79. The molecular formula is C21H21F3O2. The fraction of sp³-hybridized carbons (Fsp3) is 0.381. The lowest BCUT2D eigenvalue weighted by Gasteiger charge is -2.22. The fourth-order valence-electron chi connectivity index (χ4n) is 3.25. The van der Waals surface area contributed by atoms with E-state index in [-0.39, 0.29) is 22.8 Å². The quantitative estimate of drug-likeness (QED) is 0.393. The monoisotopic (exact) mass is 362 g/mol. The fourth-order valence-corrected chi connectivity index (χ4v) is 3.25. The van der Waals surface area contributed by atoms with Crippen LogP contribution in [0.2, 0.25) is 0 Å². The van der Waals surface area contributed by atoms with Gasteiger partial charge < -0.3 is 4.74 Å². The van der Waals surface area contributed by atoms with E-state index in [1.165, 1.54) is 18.2 Å². The number of fused-ring (bicyclic) bond motifs is 1. The first-order chi connectivity index (χ1) is 12.4. The second kappa shape index (κ2) is 7.52. The molecule has 0 aliphatic carbocycles. The molecule has 1 aliphatic heterocycles. The maximum absolute atomic E-state index is 14.8. The molecule has 1 aliphatic rings. The topological polar surface area (TPSA) is 26.3 Å². The summed E-state index contributed by atoms with van der Waals surface area (Å²) < 4.78 is 48.8. The van der Waals surface area contributed by atoms with Crippen LogP contribution >= 0.6 is 0 Å². The molecule has 0 bridgehead atoms. The van der Waals surface area contributed by atoms with Crippen LogP contribution in [0.5, 0.6) is 5.75 Å². The molecule has 1 atom stereocenters. The summed E-state index contributed by atoms with van der Waals surface area (Å²) in [4.78, 5) is 11.7. The zero-order chi connectivity index (χ0) is 18.8. The van der Waals surface area contributed by atoms with E-state index in [0.717, 1.165) is 19.3 Å². The normalized spacial score (nSPS) is 16.3. The van der Waals surface area contributed by atoms with Crippen LogP contribution in [-0.4, -0.2) is 5.97 Å². The van der Waals surface area contributed by atoms with E-state index in [1.54, 1.807) is 13.0 Å². The molecule has 138 valence electrons. The summed E-state index contributed by atoms with van der Waals surface area (Å²) in [6.45, 7) is 3.73. The summed E-state index contributed by atoms with van der Waals surface area (Å²) in [5.41, 5.74) is 0.563. The summed E-state index contributed by atoms with van der Waals surface area (Å²) >= 11 is 0. The zero-order valence-electron chi connectivity index (χ0n) is 14.9. The van der Waals surface area contributed by atoms with E-state index >= 15 is 0 Å². The van der Waals surface area contributed by atoms with Crippen molar-refractivity contribution in [1.82, 2.24) is 0 Å². The number of carbonyl (C=O) groups is 1. The molecule has 0 radical (unpaired) electrons. The molecule has 0 fully saturated rings. The molecule has 26 heavy (non-hydrogen) atoms. The predicted molar refractivity (Wildman–Crippen MR) is 93.5 cm³/mol. The van der Waals surface area contributed by atoms with Crippen molar-refractivity contribution in [2.45, 2.75) is 46.0 Å². The van der Waals surface area contributed by atoms with Crippen LogP contribution in [0.4, 0.5) is 13.2 Å². The number of hydrogen-bond donors (Lipinski definition) is 0. The van der Waals surface area contributed by atoms with Crippen LogP contribution in [0.25, 0.3) is 11.1 Å². The van der Waals surface area contributed by atoms with Gasteiger partial charge in [-0.25, -0.2) is 13.2 Å². The van der Waals surface area contributed by atoms with Gasteiger partial charge in [0, 0.05) is 11.1 Å². The van der Waals surface area contributed by atoms with Crippen molar-refractivity contribution in [2.24, 2.45) is 5.92 Å². The highest BCUT2D eigenvalue weighted by Crippen LogP contribution is 2.38. The number of esters is 1. The maximum atomic E-state index is 14.8. The van der Waals surface area contributed by atoms with Crippen molar-refractivity contribution in [3.8, 4) is 16.9 Å². The lowest BCUT2D eigenvalue weighted by atomic mass is 9.93. The Labute approximate surface area is 151 Å². The van der Waals surface area contributed by atoms with E-state index in [0.29, 0.717) is 24.0 Å². The van der Waals surface area contributed by atoms with Crippen LogP contribution < -0.4 is 4.74 Å². The van der Waals surface area contributed by atoms with Crippen molar-refractivity contribution < 1.29 is 22.7 Å². The van der Waals surface area contributed by atoms with Crippen molar-refractivity contribution in [2.75, 3.05) is 0 Å². The molecule has 0 amide bonds. The minimum atomic E-state index is -1.08. The Bertz CT molecular complexity index is 846. The standard InChI is InChI=1S/C21H21F3O2/c1-3-4-5-6-13-7-9-15(18(23)17(13)22)16-10-8-14-11-12(2)21(25)26-20(14)19(16)24/h7-10,12H,3-6,11H2,1-2H3. The molecule has 2 nitrogen and oxygen atoms in total. The highest BCUT2D eigenvalue weighted by Gasteiger charge is 2.29. The van der Waals surface area contributed by atoms with Gasteiger partial charge in [-0.1, -0.05) is 51.0 Å². The summed E-state index contributed by atoms with van der Waals surface area (Å²) in [5, 5.41) is 0. The molecule has 2 aromatic carbocycles. The molecule has 3 rings (SSSR count). The first kappa shape index (κ1) is 18.5. The number of unbranched alkanes of at least 4 members (excludes halogenated alkanes) is 2. The molecule has 1 heterocycles. The van der Waals surface area contributed by atoms with E-state index in [1.807, 2.05) is 6.92 Å². The van der Waals surface area contributed by atoms with Crippen molar-refractivity contribution in [1.29, 1.82) is 0 Å². The molecule has 5 heteroatoms. The molecule has 2 aromatic rings. The third kappa shape index (κ3) is 3.35. The number of rotatable bonds is 5. The molecule has 0 saturated heterocycles. The van der Waals surface area contributed by atoms with Gasteiger partial charge in [0.2, 0.25) is 0 Å². The Morgan fingerprint density at radius 2 is 1.69 bits per heavy atom. The van der Waals surface area contributed by atoms with E-state index in [9.17, 15) is 18.0 Å². The average molecular weight is 362 g/mol. The first-order valence-electron chi connectivity index (χ1n) is 8.94. The van der Waals surface area contributed by atoms with Gasteiger partial charge in [0.05, 0.1) is 5.92 Å². The number of hydrogen-bond acceptors (Lipinski definition) is 2. The molecule has 0 saturated carbocycles. The Kier molecular flexibility index (Phi) is 5.35. The first-order valence-corrected chi connectivity index (χ1v) is 8.94. The minimum Gasteiger partial charge on any atom is -0.423 e. The van der Waals surface area contributed by atoms with Gasteiger partial charge in [0.25, 0.3) is 0 Å². The number of benzene rings is 2. The minimum absolute atomic E-state index is 0.109. The lowest BCUT2D eigenvalue weighted by molar-refractivity contribution is -0.139. The molecule has 0 N–H and O–H groups in total. The summed E-state index contributed by atoms with van der Waals surface area (Å²) in [6, 6.07) is 5.89. The third-order valence-electron chi connectivity index (χ3n) is 4.81. The summed E-state index contributed by atoms with van der Waals surface area (Å²) in [6.07, 6.45) is 3.50. The van der Waals surface area contributed by atoms with Crippen molar-refractivity contribution in [3.63, 3.8) is 0 Å². The van der Waals surface area contributed by atoms with Gasteiger partial charge in [-0.2, -0.15) is 0 Å². The van der Waals surface area contributed by atoms with E-state index in [2.05, 4.69) is 0 Å². The number of carbonyl (C=O) groups excluding carboxylic acids is 1. The predicted octanol–water partition coefficient (Wildman–Crippen LogP) is 5.60. The summed E-state index contributed by atoms with van der Waals surface area (Å²) in [5.74, 6) is -3.91. The highest BCUT2D eigenvalue weighted by atomic mass is 19.2. The third-order valence-corrected chi connectivity index (χ3v) is 4.81. The Hall–Kier alpha value is -2.30. The van der Waals surface area contributed by atoms with Gasteiger partial charge in [-0.3, -0.25) is 4.79 Å². The van der Waals surface area contributed by atoms with Crippen LogP contribution in [0, 0.1) is 23.4 Å². The summed E-state index contributed by atoms with van der Waals surface area (Å²) in [7, 11) is 0. The Morgan fingerprint density at radius 1 is 1.00 bits per heavy atom. The smallest absolute Gasteiger partial charge is 0.314 e. The lowest BCUT2D eigenvalue weighted by Crippen LogP contribution is -2.26. The van der Waals surface area contributed by atoms with Crippen molar-refractivity contribution in [3.05, 3.63) is 52.8 Å². The van der Waals surface area contributed by atoms with Crippen molar-refractivity contribution >= 4 is 5.97 Å². The Balaban J connectivity index is 1.98. The molecule has 0 aromatic heterocycles. The van der Waals surface area contributed by atoms with Gasteiger partial charge >= 0.3 is 5.97 Å². The van der Waals surface area contributed by atoms with Gasteiger partial charge in [0.1, 0.15) is 0 Å². The number of ether oxygens (including phenoxy) is 1. The van der Waals surface area contributed by atoms with E-state index < -0.39 is 23.4 Å². The maximum Gasteiger partial charge on any atom is 0.314 e. The second-order valence-corrected chi connectivity index (χ2v) is 6.80. The SMILES string of the molecule is CCCCCc1ccc(-c2ccc3c(c2F)OC(=O)C(C)C3)c(F)c1F. The largest absolute Gasteiger partial charge is 0.423 e. The Morgan fingerprint density at radius 3 is 2.42 bits per heavy atom. The molecule has 0 spiro atoms. The number of aryl methyl sites for hydroxylation is 1.